The second-order valence-corrected chi connectivity index (χ2v) is 6.15. The van der Waals surface area contributed by atoms with Crippen LogP contribution >= 0.6 is 8.58 Å². The van der Waals surface area contributed by atoms with E-state index >= 15 is 0 Å². The summed E-state index contributed by atoms with van der Waals surface area (Å²) in [5.74, 6) is 2.16. The minimum absolute atomic E-state index is 0.410. The van der Waals surface area contributed by atoms with E-state index in [2.05, 4.69) is 36.0 Å². The van der Waals surface area contributed by atoms with Gasteiger partial charge in [0.1, 0.15) is 0 Å². The van der Waals surface area contributed by atoms with Crippen LogP contribution in [-0.4, -0.2) is 19.4 Å². The molecule has 1 aliphatic heterocycles. The van der Waals surface area contributed by atoms with Crippen molar-refractivity contribution in [2.75, 3.05) is 18.5 Å². The molecule has 3 heteroatoms. The van der Waals surface area contributed by atoms with Gasteiger partial charge in [-0.05, 0) is 48.3 Å². The van der Waals surface area contributed by atoms with Crippen LogP contribution in [-0.2, 0) is 5.41 Å². The standard InChI is InChI=1S/C15H19N2P/c1-18-9-12(8-16)11-3-4-14-13(7-11)15(10-17-14)5-2-6-15/h3-4,7-9,16-18H,2,5-6,10H2,1H3/b12-9+,16-8?. The highest BCUT2D eigenvalue weighted by Crippen LogP contribution is 2.50. The molecule has 0 aromatic heterocycles. The normalized spacial score (nSPS) is 20.8. The molecule has 1 aromatic rings. The summed E-state index contributed by atoms with van der Waals surface area (Å²) in [6.07, 6.45) is 5.47. The third-order valence-electron chi connectivity index (χ3n) is 4.31. The van der Waals surface area contributed by atoms with Gasteiger partial charge in [-0.25, -0.2) is 0 Å². The maximum atomic E-state index is 7.55. The fourth-order valence-corrected chi connectivity index (χ4v) is 3.65. The number of rotatable bonds is 3. The molecule has 1 atom stereocenters. The van der Waals surface area contributed by atoms with E-state index < -0.39 is 0 Å². The van der Waals surface area contributed by atoms with E-state index in [1.807, 2.05) is 0 Å². The predicted octanol–water partition coefficient (Wildman–Crippen LogP) is 3.83. The van der Waals surface area contributed by atoms with Crippen molar-refractivity contribution >= 4 is 26.1 Å². The third kappa shape index (κ3) is 1.71. The molecule has 1 heterocycles. The summed E-state index contributed by atoms with van der Waals surface area (Å²) in [4.78, 5) is 0. The van der Waals surface area contributed by atoms with Gasteiger partial charge in [-0.1, -0.05) is 18.3 Å². The lowest BCUT2D eigenvalue weighted by molar-refractivity contribution is 0.272. The van der Waals surface area contributed by atoms with Gasteiger partial charge in [0.15, 0.2) is 0 Å². The molecule has 3 rings (SSSR count). The zero-order valence-electron chi connectivity index (χ0n) is 10.7. The number of fused-ring (bicyclic) bond motifs is 2. The summed E-state index contributed by atoms with van der Waals surface area (Å²) >= 11 is 0. The number of nitrogens with one attached hydrogen (secondary N) is 2. The van der Waals surface area contributed by atoms with Crippen LogP contribution in [0.1, 0.15) is 30.4 Å². The van der Waals surface area contributed by atoms with Gasteiger partial charge in [-0.3, -0.25) is 0 Å². The lowest BCUT2D eigenvalue weighted by atomic mass is 9.65. The molecular formula is C15H19N2P. The van der Waals surface area contributed by atoms with E-state index in [-0.39, 0.29) is 0 Å². The summed E-state index contributed by atoms with van der Waals surface area (Å²) in [6, 6.07) is 6.64. The number of anilines is 1. The van der Waals surface area contributed by atoms with Crippen molar-refractivity contribution in [1.29, 1.82) is 5.41 Å². The number of benzene rings is 1. The van der Waals surface area contributed by atoms with Crippen molar-refractivity contribution in [3.8, 4) is 0 Å². The Kier molecular flexibility index (Phi) is 2.99. The SMILES string of the molecule is CP/C=C(\C=N)c1ccc2c(c1)C1(CCC1)CN2. The first-order valence-corrected chi connectivity index (χ1v) is 8.13. The van der Waals surface area contributed by atoms with Crippen LogP contribution in [0.25, 0.3) is 5.57 Å². The largest absolute Gasteiger partial charge is 0.384 e. The Morgan fingerprint density at radius 1 is 1.44 bits per heavy atom. The van der Waals surface area contributed by atoms with Crippen LogP contribution in [0.3, 0.4) is 0 Å². The fourth-order valence-electron chi connectivity index (χ4n) is 3.09. The Balaban J connectivity index is 2.03. The van der Waals surface area contributed by atoms with E-state index in [1.165, 1.54) is 42.3 Å². The Morgan fingerprint density at radius 3 is 2.89 bits per heavy atom. The van der Waals surface area contributed by atoms with Crippen LogP contribution < -0.4 is 5.32 Å². The first-order chi connectivity index (χ1) is 8.79. The van der Waals surface area contributed by atoms with Gasteiger partial charge in [-0.15, -0.1) is 8.58 Å². The second-order valence-electron chi connectivity index (χ2n) is 5.28. The van der Waals surface area contributed by atoms with E-state index in [4.69, 9.17) is 5.41 Å². The van der Waals surface area contributed by atoms with Crippen LogP contribution in [0.2, 0.25) is 0 Å². The molecule has 1 spiro atoms. The smallest absolute Gasteiger partial charge is 0.0379 e. The molecule has 18 heavy (non-hydrogen) atoms. The molecule has 0 amide bonds. The number of hydrogen-bond donors (Lipinski definition) is 2. The van der Waals surface area contributed by atoms with Crippen molar-refractivity contribution in [3.63, 3.8) is 0 Å². The Morgan fingerprint density at radius 2 is 2.28 bits per heavy atom. The minimum atomic E-state index is 0.410. The van der Waals surface area contributed by atoms with Crippen molar-refractivity contribution in [3.05, 3.63) is 35.1 Å². The molecule has 1 aromatic carbocycles. The molecule has 94 valence electrons. The highest BCUT2D eigenvalue weighted by atomic mass is 31.1. The molecule has 1 unspecified atom stereocenters. The maximum Gasteiger partial charge on any atom is 0.0379 e. The summed E-state index contributed by atoms with van der Waals surface area (Å²) in [7, 11) is 0.752. The number of hydrogen-bond acceptors (Lipinski definition) is 2. The quantitative estimate of drug-likeness (QED) is 0.627. The predicted molar refractivity (Wildman–Crippen MR) is 81.5 cm³/mol. The first-order valence-electron chi connectivity index (χ1n) is 6.56. The lowest BCUT2D eigenvalue weighted by Gasteiger charge is -2.38. The van der Waals surface area contributed by atoms with Crippen molar-refractivity contribution in [2.24, 2.45) is 0 Å². The van der Waals surface area contributed by atoms with Crippen molar-refractivity contribution in [1.82, 2.24) is 0 Å². The zero-order chi connectivity index (χ0) is 12.6. The molecule has 2 nitrogen and oxygen atoms in total. The zero-order valence-corrected chi connectivity index (χ0v) is 11.7. The molecular weight excluding hydrogens is 239 g/mol. The Hall–Kier alpha value is -1.14. The van der Waals surface area contributed by atoms with E-state index in [1.54, 1.807) is 0 Å². The molecule has 2 aliphatic rings. The third-order valence-corrected chi connectivity index (χ3v) is 4.91. The molecule has 2 N–H and O–H groups in total. The molecule has 0 saturated heterocycles. The topological polar surface area (TPSA) is 35.9 Å². The van der Waals surface area contributed by atoms with E-state index in [9.17, 15) is 0 Å². The Labute approximate surface area is 110 Å². The second kappa shape index (κ2) is 4.51. The van der Waals surface area contributed by atoms with Crippen molar-refractivity contribution in [2.45, 2.75) is 24.7 Å². The molecule has 1 aliphatic carbocycles. The lowest BCUT2D eigenvalue weighted by Crippen LogP contribution is -2.35. The number of allylic oxidation sites excluding steroid dienone is 1. The highest BCUT2D eigenvalue weighted by molar-refractivity contribution is 7.41. The first kappa shape index (κ1) is 11.9. The van der Waals surface area contributed by atoms with Gasteiger partial charge < -0.3 is 10.7 Å². The van der Waals surface area contributed by atoms with Crippen LogP contribution in [0.5, 0.6) is 0 Å². The van der Waals surface area contributed by atoms with Gasteiger partial charge >= 0.3 is 0 Å². The van der Waals surface area contributed by atoms with Gasteiger partial charge in [0.25, 0.3) is 0 Å². The van der Waals surface area contributed by atoms with Crippen LogP contribution in [0.15, 0.2) is 24.0 Å². The fraction of sp³-hybridized carbons (Fsp3) is 0.400. The minimum Gasteiger partial charge on any atom is -0.384 e. The Bertz CT molecular complexity index is 515. The van der Waals surface area contributed by atoms with Gasteiger partial charge in [-0.2, -0.15) is 0 Å². The van der Waals surface area contributed by atoms with Crippen molar-refractivity contribution < 1.29 is 0 Å². The highest BCUT2D eigenvalue weighted by Gasteiger charge is 2.43. The summed E-state index contributed by atoms with van der Waals surface area (Å²) in [5.41, 5.74) is 5.46. The molecule has 0 bridgehead atoms. The van der Waals surface area contributed by atoms with Crippen LogP contribution in [0.4, 0.5) is 5.69 Å². The summed E-state index contributed by atoms with van der Waals surface area (Å²) < 4.78 is 0. The average Bonchev–Trinajstić information content (AvgIpc) is 2.74. The average molecular weight is 258 g/mol. The summed E-state index contributed by atoms with van der Waals surface area (Å²) in [6.45, 7) is 3.25. The molecule has 0 radical (unpaired) electrons. The van der Waals surface area contributed by atoms with Gasteiger partial charge in [0, 0.05) is 23.9 Å². The van der Waals surface area contributed by atoms with Gasteiger partial charge in [0.05, 0.1) is 0 Å². The molecule has 1 saturated carbocycles. The van der Waals surface area contributed by atoms with Crippen LogP contribution in [0, 0.1) is 5.41 Å². The molecule has 1 fully saturated rings. The maximum absolute atomic E-state index is 7.55. The van der Waals surface area contributed by atoms with E-state index in [0.29, 0.717) is 5.41 Å². The monoisotopic (exact) mass is 258 g/mol. The van der Waals surface area contributed by atoms with Gasteiger partial charge in [0.2, 0.25) is 0 Å². The summed E-state index contributed by atoms with van der Waals surface area (Å²) in [5, 5.41) is 11.1. The van der Waals surface area contributed by atoms with E-state index in [0.717, 1.165) is 20.7 Å².